The van der Waals surface area contributed by atoms with E-state index >= 15 is 0 Å². The molecule has 0 saturated heterocycles. The summed E-state index contributed by atoms with van der Waals surface area (Å²) in [4.78, 5) is 32.5. The number of ether oxygens (including phenoxy) is 1. The lowest BCUT2D eigenvalue weighted by Crippen LogP contribution is -2.26. The van der Waals surface area contributed by atoms with E-state index in [0.717, 1.165) is 36.6 Å². The molecule has 1 aromatic heterocycles. The van der Waals surface area contributed by atoms with Crippen molar-refractivity contribution in [1.29, 1.82) is 0 Å². The van der Waals surface area contributed by atoms with Gasteiger partial charge in [0.15, 0.2) is 0 Å². The van der Waals surface area contributed by atoms with E-state index in [2.05, 4.69) is 56.8 Å². The number of hydrogen-bond donors (Lipinski definition) is 4. The molecule has 1 fully saturated rings. The number of carboxylic acids is 1. The van der Waals surface area contributed by atoms with Crippen LogP contribution in [0.4, 0.5) is 36.3 Å². The van der Waals surface area contributed by atoms with Crippen LogP contribution >= 0.6 is 0 Å². The fraction of sp³-hybridized carbons (Fsp3) is 0.400. The number of nitrogens with two attached hydrogens (primary N) is 1. The topological polar surface area (TPSA) is 143 Å². The van der Waals surface area contributed by atoms with Gasteiger partial charge in [-0.25, -0.2) is 9.78 Å². The quantitative estimate of drug-likeness (QED) is 0.267. The summed E-state index contributed by atoms with van der Waals surface area (Å²) >= 11 is 0. The number of primary amides is 1. The molecular weight excluding hydrogens is 565 g/mol. The molecule has 2 aliphatic rings. The van der Waals surface area contributed by atoms with Crippen molar-refractivity contribution in [3.05, 3.63) is 64.8 Å². The molecule has 2 heterocycles. The second-order valence-corrected chi connectivity index (χ2v) is 10.6. The summed E-state index contributed by atoms with van der Waals surface area (Å²) in [6, 6.07) is 12.4. The number of anilines is 4. The minimum Gasteiger partial charge on any atom is -0.495 e. The summed E-state index contributed by atoms with van der Waals surface area (Å²) in [6.45, 7) is 1.90. The molecule has 13 heteroatoms. The smallest absolute Gasteiger partial charge is 0.490 e. The van der Waals surface area contributed by atoms with Gasteiger partial charge in [0.25, 0.3) is 5.91 Å². The number of nitrogens with zero attached hydrogens (tertiary/aromatic N) is 3. The third kappa shape index (κ3) is 8.13. The summed E-state index contributed by atoms with van der Waals surface area (Å²) < 4.78 is 37.4. The molecule has 0 unspecified atom stereocenters. The van der Waals surface area contributed by atoms with Gasteiger partial charge in [-0.2, -0.15) is 18.2 Å². The number of methoxy groups -OCH3 is 1. The first kappa shape index (κ1) is 31.5. The molecule has 1 aliphatic carbocycles. The molecule has 0 radical (unpaired) electrons. The molecule has 230 valence electrons. The van der Waals surface area contributed by atoms with Crippen molar-refractivity contribution >= 4 is 35.0 Å². The van der Waals surface area contributed by atoms with Gasteiger partial charge in [0, 0.05) is 25.0 Å². The summed E-state index contributed by atoms with van der Waals surface area (Å²) in [5, 5.41) is 13.8. The predicted octanol–water partition coefficient (Wildman–Crippen LogP) is 5.74. The highest BCUT2D eigenvalue weighted by atomic mass is 19.4. The van der Waals surface area contributed by atoms with Crippen LogP contribution < -0.4 is 21.1 Å². The van der Waals surface area contributed by atoms with E-state index in [4.69, 9.17) is 20.4 Å². The second-order valence-electron chi connectivity index (χ2n) is 10.6. The summed E-state index contributed by atoms with van der Waals surface area (Å²) in [5.41, 5.74) is 11.5. The van der Waals surface area contributed by atoms with Gasteiger partial charge in [-0.15, -0.1) is 0 Å². The summed E-state index contributed by atoms with van der Waals surface area (Å²) in [7, 11) is 3.78. The van der Waals surface area contributed by atoms with E-state index < -0.39 is 18.1 Å². The zero-order valence-corrected chi connectivity index (χ0v) is 24.0. The Morgan fingerprint density at radius 3 is 2.42 bits per heavy atom. The van der Waals surface area contributed by atoms with Crippen LogP contribution in [0.15, 0.2) is 42.6 Å². The second kappa shape index (κ2) is 13.7. The van der Waals surface area contributed by atoms with Gasteiger partial charge >= 0.3 is 12.1 Å². The number of rotatable bonds is 7. The van der Waals surface area contributed by atoms with Crippen molar-refractivity contribution in [2.75, 3.05) is 31.3 Å². The van der Waals surface area contributed by atoms with Crippen LogP contribution in [0.2, 0.25) is 0 Å². The van der Waals surface area contributed by atoms with E-state index in [1.165, 1.54) is 55.0 Å². The number of aliphatic carboxylic acids is 1. The van der Waals surface area contributed by atoms with Crippen molar-refractivity contribution in [3.63, 3.8) is 0 Å². The Morgan fingerprint density at radius 2 is 1.77 bits per heavy atom. The molecule has 10 nitrogen and oxygen atoms in total. The number of carboxylic acid groups (broad SMARTS) is 1. The minimum absolute atomic E-state index is 0.248. The van der Waals surface area contributed by atoms with Crippen molar-refractivity contribution in [3.8, 4) is 5.75 Å². The minimum atomic E-state index is -5.08. The van der Waals surface area contributed by atoms with Gasteiger partial charge in [0.2, 0.25) is 5.95 Å². The average molecular weight is 601 g/mol. The molecule has 0 spiro atoms. The fourth-order valence-corrected chi connectivity index (χ4v) is 5.34. The number of amides is 1. The zero-order chi connectivity index (χ0) is 31.1. The monoisotopic (exact) mass is 600 g/mol. The lowest BCUT2D eigenvalue weighted by atomic mass is 9.83. The third-order valence-corrected chi connectivity index (χ3v) is 7.53. The number of hydrogen-bond acceptors (Lipinski definition) is 8. The van der Waals surface area contributed by atoms with E-state index in [-0.39, 0.29) is 5.56 Å². The van der Waals surface area contributed by atoms with Crippen LogP contribution in [0.3, 0.4) is 0 Å². The molecule has 1 saturated carbocycles. The molecule has 1 amide bonds. The number of likely N-dealkylation sites (N-methyl/N-ethyl adjacent to an activating group) is 1. The Kier molecular flexibility index (Phi) is 10.1. The molecule has 5 N–H and O–H groups in total. The largest absolute Gasteiger partial charge is 0.495 e. The molecule has 5 rings (SSSR count). The van der Waals surface area contributed by atoms with Gasteiger partial charge in [-0.05, 0) is 67.1 Å². The van der Waals surface area contributed by atoms with Crippen LogP contribution in [0.1, 0.15) is 65.1 Å². The molecule has 0 atom stereocenters. The predicted molar refractivity (Wildman–Crippen MR) is 156 cm³/mol. The Morgan fingerprint density at radius 1 is 1.07 bits per heavy atom. The lowest BCUT2D eigenvalue weighted by molar-refractivity contribution is -0.192. The molecule has 3 aromatic rings. The fourth-order valence-electron chi connectivity index (χ4n) is 5.34. The van der Waals surface area contributed by atoms with Crippen LogP contribution in [-0.4, -0.2) is 58.7 Å². The van der Waals surface area contributed by atoms with E-state index in [1.807, 2.05) is 12.1 Å². The number of para-hydroxylation sites is 1. The van der Waals surface area contributed by atoms with Crippen molar-refractivity contribution in [2.45, 2.75) is 57.2 Å². The molecule has 0 bridgehead atoms. The third-order valence-electron chi connectivity index (χ3n) is 7.53. The first-order valence-corrected chi connectivity index (χ1v) is 13.9. The van der Waals surface area contributed by atoms with Gasteiger partial charge in [-0.1, -0.05) is 37.5 Å². The maximum absolute atomic E-state index is 12.2. The van der Waals surface area contributed by atoms with Gasteiger partial charge < -0.3 is 31.1 Å². The Bertz CT molecular complexity index is 1460. The Labute approximate surface area is 247 Å². The van der Waals surface area contributed by atoms with Crippen LogP contribution in [0.25, 0.3) is 0 Å². The number of alkyl halides is 3. The standard InChI is InChI=1S/C28H34N6O2.C2HF3O2/c1-34-13-12-19-15-25(36-2)24(14-20(19)17-34)32-28-30-16-22(26(29)35)27(33-28)31-23-11-7-6-10-21(23)18-8-4-3-5-9-18;3-2(4,5)1(6)7/h6-7,10-11,14-16,18H,3-5,8-9,12-13,17H2,1-2H3,(H2,29,35)(H2,30,31,32,33);(H,6,7). The SMILES string of the molecule is COc1cc2c(cc1Nc1ncc(C(N)=O)c(Nc3ccccc3C3CCCCC3)n1)CN(C)CC2.O=C(O)C(F)(F)F. The first-order valence-electron chi connectivity index (χ1n) is 13.9. The Hall–Kier alpha value is -4.39. The number of nitrogens with one attached hydrogen (secondary N) is 2. The number of carbonyl (C=O) groups excluding carboxylic acids is 1. The van der Waals surface area contributed by atoms with Crippen LogP contribution in [-0.2, 0) is 17.8 Å². The highest BCUT2D eigenvalue weighted by molar-refractivity contribution is 5.98. The van der Waals surface area contributed by atoms with E-state index in [1.54, 1.807) is 7.11 Å². The number of aromatic nitrogens is 2. The molecule has 1 aliphatic heterocycles. The van der Waals surface area contributed by atoms with Crippen LogP contribution in [0.5, 0.6) is 5.75 Å². The van der Waals surface area contributed by atoms with Crippen LogP contribution in [0, 0.1) is 0 Å². The van der Waals surface area contributed by atoms with E-state index in [0.29, 0.717) is 17.7 Å². The number of halogens is 3. The molecular formula is C30H35F3N6O4. The zero-order valence-electron chi connectivity index (χ0n) is 24.0. The van der Waals surface area contributed by atoms with Crippen molar-refractivity contribution in [2.24, 2.45) is 5.73 Å². The molecule has 2 aromatic carbocycles. The number of benzene rings is 2. The normalized spacial score (nSPS) is 15.5. The number of fused-ring (bicyclic) bond motifs is 1. The summed E-state index contributed by atoms with van der Waals surface area (Å²) in [6.07, 6.45) is 3.50. The number of carbonyl (C=O) groups is 2. The lowest BCUT2D eigenvalue weighted by Gasteiger charge is -2.26. The van der Waals surface area contributed by atoms with Gasteiger partial charge in [0.1, 0.15) is 17.1 Å². The molecule has 43 heavy (non-hydrogen) atoms. The highest BCUT2D eigenvalue weighted by Crippen LogP contribution is 2.38. The van der Waals surface area contributed by atoms with Gasteiger partial charge in [0.05, 0.1) is 12.8 Å². The van der Waals surface area contributed by atoms with E-state index in [9.17, 15) is 18.0 Å². The van der Waals surface area contributed by atoms with Crippen molar-refractivity contribution in [1.82, 2.24) is 14.9 Å². The Balaban J connectivity index is 0.000000541. The van der Waals surface area contributed by atoms with Gasteiger partial charge in [-0.3, -0.25) is 4.79 Å². The highest BCUT2D eigenvalue weighted by Gasteiger charge is 2.38. The maximum atomic E-state index is 12.2. The average Bonchev–Trinajstić information content (AvgIpc) is 2.97. The maximum Gasteiger partial charge on any atom is 0.490 e. The summed E-state index contributed by atoms with van der Waals surface area (Å²) in [5.74, 6) is -1.35. The van der Waals surface area contributed by atoms with Crippen molar-refractivity contribution < 1.29 is 32.6 Å². The first-order chi connectivity index (χ1) is 20.5.